The predicted molar refractivity (Wildman–Crippen MR) is 96.2 cm³/mol. The van der Waals surface area contributed by atoms with E-state index in [1.54, 1.807) is 12.1 Å². The summed E-state index contributed by atoms with van der Waals surface area (Å²) in [6.07, 6.45) is 0.359. The molecule has 2 N–H and O–H groups in total. The van der Waals surface area contributed by atoms with Crippen molar-refractivity contribution in [1.82, 2.24) is 10.6 Å². The van der Waals surface area contributed by atoms with Gasteiger partial charge in [0.15, 0.2) is 6.10 Å². The number of rotatable bonds is 9. The van der Waals surface area contributed by atoms with E-state index in [1.165, 1.54) is 37.5 Å². The summed E-state index contributed by atoms with van der Waals surface area (Å²) in [6.45, 7) is 1.61. The van der Waals surface area contributed by atoms with Gasteiger partial charge in [0.05, 0.1) is 24.2 Å². The van der Waals surface area contributed by atoms with Crippen molar-refractivity contribution >= 4 is 23.5 Å². The number of benzene rings is 1. The van der Waals surface area contributed by atoms with Crippen molar-refractivity contribution in [3.8, 4) is 0 Å². The van der Waals surface area contributed by atoms with E-state index >= 15 is 0 Å². The molecule has 1 heterocycles. The number of hydrogen-bond acceptors (Lipinski definition) is 7. The van der Waals surface area contributed by atoms with Gasteiger partial charge in [0.25, 0.3) is 17.5 Å². The van der Waals surface area contributed by atoms with Crippen LogP contribution in [-0.2, 0) is 20.9 Å². The molecule has 0 aliphatic rings. The van der Waals surface area contributed by atoms with Crippen LogP contribution in [0.25, 0.3) is 0 Å². The number of nitrogens with one attached hydrogen (secondary N) is 2. The number of nitro groups is 1. The minimum Gasteiger partial charge on any atom is -0.467 e. The van der Waals surface area contributed by atoms with Gasteiger partial charge >= 0.3 is 5.97 Å². The first-order valence-electron chi connectivity index (χ1n) is 8.39. The second-order valence-corrected chi connectivity index (χ2v) is 5.74. The van der Waals surface area contributed by atoms with Gasteiger partial charge < -0.3 is 19.8 Å². The molecular weight excluding hydrogens is 370 g/mol. The fourth-order valence-corrected chi connectivity index (χ4v) is 2.16. The van der Waals surface area contributed by atoms with Gasteiger partial charge in [-0.1, -0.05) is 0 Å². The standard InChI is InChI=1S/C18H19N3O7/c1-12(17(23)20-11-15-3-2-10-27-15)28-16(22)8-9-19-18(24)13-4-6-14(7-5-13)21(25)26/h2-7,10,12H,8-9,11H2,1H3,(H,19,24)(H,20,23)/t12-/m1/s1. The van der Waals surface area contributed by atoms with E-state index in [9.17, 15) is 24.5 Å². The van der Waals surface area contributed by atoms with Crippen molar-refractivity contribution in [3.63, 3.8) is 0 Å². The lowest BCUT2D eigenvalue weighted by molar-refractivity contribution is -0.384. The second kappa shape index (κ2) is 9.86. The molecular formula is C18H19N3O7. The molecule has 2 amide bonds. The summed E-state index contributed by atoms with van der Waals surface area (Å²) < 4.78 is 10.1. The van der Waals surface area contributed by atoms with Gasteiger partial charge in [0, 0.05) is 24.2 Å². The highest BCUT2D eigenvalue weighted by Gasteiger charge is 2.18. The lowest BCUT2D eigenvalue weighted by Crippen LogP contribution is -2.36. The molecule has 0 fully saturated rings. The fraction of sp³-hybridized carbons (Fsp3) is 0.278. The number of ether oxygens (including phenoxy) is 1. The van der Waals surface area contributed by atoms with Crippen LogP contribution in [0, 0.1) is 10.1 Å². The van der Waals surface area contributed by atoms with Crippen molar-refractivity contribution < 1.29 is 28.5 Å². The number of carbonyl (C=O) groups excluding carboxylic acids is 3. The predicted octanol–water partition coefficient (Wildman–Crippen LogP) is 1.56. The van der Waals surface area contributed by atoms with Crippen LogP contribution in [-0.4, -0.2) is 35.4 Å². The molecule has 0 unspecified atom stereocenters. The Hall–Kier alpha value is -3.69. The van der Waals surface area contributed by atoms with Gasteiger partial charge in [-0.25, -0.2) is 0 Å². The molecule has 28 heavy (non-hydrogen) atoms. The van der Waals surface area contributed by atoms with Crippen LogP contribution < -0.4 is 10.6 Å². The van der Waals surface area contributed by atoms with Crippen LogP contribution in [0.15, 0.2) is 47.1 Å². The number of non-ortho nitro benzene ring substituents is 1. The van der Waals surface area contributed by atoms with Crippen molar-refractivity contribution in [3.05, 3.63) is 64.1 Å². The molecule has 10 heteroatoms. The molecule has 0 saturated carbocycles. The molecule has 1 atom stereocenters. The zero-order chi connectivity index (χ0) is 20.5. The average molecular weight is 389 g/mol. The number of esters is 1. The Kier molecular flexibility index (Phi) is 7.26. The molecule has 0 aliphatic heterocycles. The monoisotopic (exact) mass is 389 g/mol. The topological polar surface area (TPSA) is 141 Å². The summed E-state index contributed by atoms with van der Waals surface area (Å²) in [4.78, 5) is 45.6. The molecule has 0 bridgehead atoms. The molecule has 1 aromatic heterocycles. The van der Waals surface area contributed by atoms with E-state index in [0.29, 0.717) is 5.76 Å². The quantitative estimate of drug-likeness (QED) is 0.376. The molecule has 0 aliphatic carbocycles. The molecule has 0 radical (unpaired) electrons. The molecule has 2 rings (SSSR count). The number of nitro benzene ring substituents is 1. The minimum absolute atomic E-state index is 0.00457. The van der Waals surface area contributed by atoms with Gasteiger partial charge in [-0.15, -0.1) is 0 Å². The zero-order valence-electron chi connectivity index (χ0n) is 15.0. The van der Waals surface area contributed by atoms with Crippen molar-refractivity contribution in [2.75, 3.05) is 6.54 Å². The normalized spacial score (nSPS) is 11.3. The maximum atomic E-state index is 11.9. The summed E-state index contributed by atoms with van der Waals surface area (Å²) in [5.41, 5.74) is 0.101. The molecule has 148 valence electrons. The summed E-state index contributed by atoms with van der Waals surface area (Å²) in [6, 6.07) is 8.45. The van der Waals surface area contributed by atoms with Crippen LogP contribution in [0.5, 0.6) is 0 Å². The Bertz CT molecular complexity index is 831. The van der Waals surface area contributed by atoms with E-state index in [4.69, 9.17) is 9.15 Å². The molecule has 2 aromatic rings. The second-order valence-electron chi connectivity index (χ2n) is 5.74. The maximum Gasteiger partial charge on any atom is 0.308 e. The van der Waals surface area contributed by atoms with Crippen molar-refractivity contribution in [2.45, 2.75) is 26.0 Å². The van der Waals surface area contributed by atoms with Crippen LogP contribution in [0.4, 0.5) is 5.69 Å². The Morgan fingerprint density at radius 1 is 1.18 bits per heavy atom. The maximum absolute atomic E-state index is 11.9. The molecule has 1 aromatic carbocycles. The van der Waals surface area contributed by atoms with Gasteiger partial charge in [-0.3, -0.25) is 24.5 Å². The van der Waals surface area contributed by atoms with Crippen LogP contribution >= 0.6 is 0 Å². The van der Waals surface area contributed by atoms with E-state index in [1.807, 2.05) is 0 Å². The highest BCUT2D eigenvalue weighted by molar-refractivity contribution is 5.94. The molecule has 0 saturated heterocycles. The summed E-state index contributed by atoms with van der Waals surface area (Å²) in [5.74, 6) is -1.03. The first-order valence-corrected chi connectivity index (χ1v) is 8.39. The van der Waals surface area contributed by atoms with Crippen LogP contribution in [0.1, 0.15) is 29.5 Å². The number of amides is 2. The first-order chi connectivity index (χ1) is 13.4. The van der Waals surface area contributed by atoms with Crippen molar-refractivity contribution in [1.29, 1.82) is 0 Å². The molecule has 0 spiro atoms. The third-order valence-corrected chi connectivity index (χ3v) is 3.65. The Labute approximate surface area is 160 Å². The number of furan rings is 1. The molecule has 10 nitrogen and oxygen atoms in total. The summed E-state index contributed by atoms with van der Waals surface area (Å²) >= 11 is 0. The highest BCUT2D eigenvalue weighted by Crippen LogP contribution is 2.11. The lowest BCUT2D eigenvalue weighted by Gasteiger charge is -2.13. The summed E-state index contributed by atoms with van der Waals surface area (Å²) in [5, 5.41) is 15.7. The van der Waals surface area contributed by atoms with Gasteiger partial charge in [-0.05, 0) is 31.2 Å². The third-order valence-electron chi connectivity index (χ3n) is 3.65. The fourth-order valence-electron chi connectivity index (χ4n) is 2.16. The number of nitrogens with zero attached hydrogens (tertiary/aromatic N) is 1. The lowest BCUT2D eigenvalue weighted by atomic mass is 10.2. The van der Waals surface area contributed by atoms with E-state index in [-0.39, 0.29) is 30.8 Å². The Morgan fingerprint density at radius 3 is 2.50 bits per heavy atom. The van der Waals surface area contributed by atoms with Crippen molar-refractivity contribution in [2.24, 2.45) is 0 Å². The van der Waals surface area contributed by atoms with Crippen LogP contribution in [0.3, 0.4) is 0 Å². The average Bonchev–Trinajstić information content (AvgIpc) is 3.19. The largest absolute Gasteiger partial charge is 0.467 e. The van der Waals surface area contributed by atoms with E-state index in [0.717, 1.165) is 0 Å². The number of carbonyl (C=O) groups is 3. The zero-order valence-corrected chi connectivity index (χ0v) is 15.0. The SMILES string of the molecule is C[C@@H](OC(=O)CCNC(=O)c1ccc([N+](=O)[O-])cc1)C(=O)NCc1ccco1. The van der Waals surface area contributed by atoms with Gasteiger partial charge in [0.1, 0.15) is 5.76 Å². The first kappa shape index (κ1) is 20.6. The highest BCUT2D eigenvalue weighted by atomic mass is 16.6. The number of hydrogen-bond donors (Lipinski definition) is 2. The minimum atomic E-state index is -0.993. The third kappa shape index (κ3) is 6.24. The smallest absolute Gasteiger partial charge is 0.308 e. The Balaban J connectivity index is 1.69. The van der Waals surface area contributed by atoms with Gasteiger partial charge in [0.2, 0.25) is 0 Å². The Morgan fingerprint density at radius 2 is 1.89 bits per heavy atom. The van der Waals surface area contributed by atoms with Gasteiger partial charge in [-0.2, -0.15) is 0 Å². The van der Waals surface area contributed by atoms with E-state index < -0.39 is 28.8 Å². The van der Waals surface area contributed by atoms with Crippen LogP contribution in [0.2, 0.25) is 0 Å². The summed E-state index contributed by atoms with van der Waals surface area (Å²) in [7, 11) is 0. The van der Waals surface area contributed by atoms with E-state index in [2.05, 4.69) is 10.6 Å².